The van der Waals surface area contributed by atoms with E-state index in [1.165, 1.54) is 5.17 Å². The molecule has 5 heteroatoms. The number of hydrogen-bond donors (Lipinski definition) is 1. The first-order valence-electron chi connectivity index (χ1n) is 6.35. The molecular weight excluding hydrogens is 234 g/mol. The smallest absolute Gasteiger partial charge is 0.159 e. The highest BCUT2D eigenvalue weighted by Gasteiger charge is 2.26. The van der Waals surface area contributed by atoms with Crippen LogP contribution < -0.4 is 0 Å². The SMILES string of the molecule is C[C@@H]1CN=C(N2CCN(CC(C)(C)O)CC2)S1. The van der Waals surface area contributed by atoms with Crippen molar-refractivity contribution in [2.24, 2.45) is 4.99 Å². The van der Waals surface area contributed by atoms with Crippen molar-refractivity contribution in [2.75, 3.05) is 39.3 Å². The topological polar surface area (TPSA) is 39.1 Å². The molecule has 0 unspecified atom stereocenters. The molecule has 0 saturated carbocycles. The van der Waals surface area contributed by atoms with E-state index < -0.39 is 5.60 Å². The zero-order chi connectivity index (χ0) is 12.5. The minimum absolute atomic E-state index is 0.587. The van der Waals surface area contributed by atoms with Crippen LogP contribution in [-0.2, 0) is 0 Å². The molecule has 1 fully saturated rings. The van der Waals surface area contributed by atoms with Crippen LogP contribution in [0, 0.1) is 0 Å². The van der Waals surface area contributed by atoms with Crippen LogP contribution in [-0.4, -0.2) is 70.2 Å². The maximum atomic E-state index is 9.80. The van der Waals surface area contributed by atoms with Crippen molar-refractivity contribution in [3.05, 3.63) is 0 Å². The average Bonchev–Trinajstić information content (AvgIpc) is 2.63. The number of aliphatic imine (C=N–C) groups is 1. The van der Waals surface area contributed by atoms with E-state index in [-0.39, 0.29) is 0 Å². The van der Waals surface area contributed by atoms with Crippen LogP contribution in [0.5, 0.6) is 0 Å². The maximum absolute atomic E-state index is 9.80. The van der Waals surface area contributed by atoms with Gasteiger partial charge in [-0.1, -0.05) is 18.7 Å². The number of hydrogen-bond acceptors (Lipinski definition) is 5. The van der Waals surface area contributed by atoms with Gasteiger partial charge in [-0.15, -0.1) is 0 Å². The lowest BCUT2D eigenvalue weighted by Crippen LogP contribution is -2.51. The van der Waals surface area contributed by atoms with Gasteiger partial charge in [-0.2, -0.15) is 0 Å². The number of aliphatic hydroxyl groups is 1. The fraction of sp³-hybridized carbons (Fsp3) is 0.917. The molecule has 2 rings (SSSR count). The molecule has 0 aromatic carbocycles. The van der Waals surface area contributed by atoms with Crippen LogP contribution >= 0.6 is 11.8 Å². The van der Waals surface area contributed by atoms with Gasteiger partial charge in [0.2, 0.25) is 0 Å². The first-order chi connectivity index (χ1) is 7.94. The van der Waals surface area contributed by atoms with E-state index in [1.807, 2.05) is 25.6 Å². The molecule has 17 heavy (non-hydrogen) atoms. The third-order valence-electron chi connectivity index (χ3n) is 3.04. The van der Waals surface area contributed by atoms with E-state index in [2.05, 4.69) is 21.7 Å². The Morgan fingerprint density at radius 1 is 1.35 bits per heavy atom. The Bertz CT molecular complexity index is 293. The summed E-state index contributed by atoms with van der Waals surface area (Å²) in [6.07, 6.45) is 0. The van der Waals surface area contributed by atoms with E-state index in [1.54, 1.807) is 0 Å². The summed E-state index contributed by atoms with van der Waals surface area (Å²) in [6, 6.07) is 0. The van der Waals surface area contributed by atoms with E-state index in [0.29, 0.717) is 5.25 Å². The van der Waals surface area contributed by atoms with E-state index in [4.69, 9.17) is 0 Å². The molecule has 1 saturated heterocycles. The third-order valence-corrected chi connectivity index (χ3v) is 4.19. The predicted molar refractivity (Wildman–Crippen MR) is 73.7 cm³/mol. The zero-order valence-electron chi connectivity index (χ0n) is 11.0. The van der Waals surface area contributed by atoms with Gasteiger partial charge >= 0.3 is 0 Å². The number of amidine groups is 1. The van der Waals surface area contributed by atoms with Gasteiger partial charge < -0.3 is 10.0 Å². The number of rotatable bonds is 2. The van der Waals surface area contributed by atoms with E-state index in [9.17, 15) is 5.11 Å². The molecule has 1 atom stereocenters. The van der Waals surface area contributed by atoms with Crippen molar-refractivity contribution in [1.82, 2.24) is 9.80 Å². The molecule has 2 heterocycles. The lowest BCUT2D eigenvalue weighted by Gasteiger charge is -2.37. The molecule has 4 nitrogen and oxygen atoms in total. The van der Waals surface area contributed by atoms with Crippen molar-refractivity contribution in [1.29, 1.82) is 0 Å². The standard InChI is InChI=1S/C12H23N3OS/c1-10-8-13-11(17-10)15-6-4-14(5-7-15)9-12(2,3)16/h10,16H,4-9H2,1-3H3/t10-/m1/s1. The fourth-order valence-electron chi connectivity index (χ4n) is 2.28. The molecule has 0 bridgehead atoms. The number of thioether (sulfide) groups is 1. The number of piperazine rings is 1. The monoisotopic (exact) mass is 257 g/mol. The Hall–Kier alpha value is -0.260. The first kappa shape index (κ1) is 13.2. The van der Waals surface area contributed by atoms with Gasteiger partial charge in [-0.25, -0.2) is 0 Å². The Morgan fingerprint density at radius 3 is 2.47 bits per heavy atom. The van der Waals surface area contributed by atoms with Crippen LogP contribution in [0.1, 0.15) is 20.8 Å². The van der Waals surface area contributed by atoms with Crippen molar-refractivity contribution < 1.29 is 5.11 Å². The molecule has 1 N–H and O–H groups in total. The molecule has 0 spiro atoms. The highest BCUT2D eigenvalue weighted by Crippen LogP contribution is 2.23. The summed E-state index contributed by atoms with van der Waals surface area (Å²) in [5.74, 6) is 0. The van der Waals surface area contributed by atoms with Crippen LogP contribution in [0.3, 0.4) is 0 Å². The lowest BCUT2D eigenvalue weighted by molar-refractivity contribution is 0.0254. The van der Waals surface area contributed by atoms with Crippen molar-refractivity contribution >= 4 is 16.9 Å². The Kier molecular flexibility index (Phi) is 4.00. The quantitative estimate of drug-likeness (QED) is 0.796. The summed E-state index contributed by atoms with van der Waals surface area (Å²) >= 11 is 1.89. The van der Waals surface area contributed by atoms with Crippen LogP contribution in [0.15, 0.2) is 4.99 Å². The van der Waals surface area contributed by atoms with Crippen LogP contribution in [0.4, 0.5) is 0 Å². The second kappa shape index (κ2) is 5.16. The van der Waals surface area contributed by atoms with Gasteiger partial charge in [0.1, 0.15) is 0 Å². The Morgan fingerprint density at radius 2 is 2.00 bits per heavy atom. The summed E-state index contributed by atoms with van der Waals surface area (Å²) in [7, 11) is 0. The van der Waals surface area contributed by atoms with E-state index in [0.717, 1.165) is 39.3 Å². The van der Waals surface area contributed by atoms with Gasteiger partial charge in [0.15, 0.2) is 5.17 Å². The molecular formula is C12H23N3OS. The molecule has 2 aliphatic heterocycles. The minimum Gasteiger partial charge on any atom is -0.389 e. The summed E-state index contributed by atoms with van der Waals surface area (Å²) in [5.41, 5.74) is -0.587. The first-order valence-corrected chi connectivity index (χ1v) is 7.23. The fourth-order valence-corrected chi connectivity index (χ4v) is 3.27. The summed E-state index contributed by atoms with van der Waals surface area (Å²) in [6.45, 7) is 11.8. The Balaban J connectivity index is 1.78. The highest BCUT2D eigenvalue weighted by molar-refractivity contribution is 8.14. The molecule has 98 valence electrons. The third kappa shape index (κ3) is 3.86. The number of nitrogens with zero attached hydrogens (tertiary/aromatic N) is 3. The normalized spacial score (nSPS) is 27.4. The molecule has 0 aliphatic carbocycles. The van der Waals surface area contributed by atoms with Gasteiger partial charge in [0, 0.05) is 38.0 Å². The molecule has 0 amide bonds. The summed E-state index contributed by atoms with van der Waals surface area (Å²) < 4.78 is 0. The van der Waals surface area contributed by atoms with E-state index >= 15 is 0 Å². The molecule has 2 aliphatic rings. The van der Waals surface area contributed by atoms with Gasteiger partial charge in [0.25, 0.3) is 0 Å². The summed E-state index contributed by atoms with van der Waals surface area (Å²) in [5, 5.41) is 11.7. The Labute approximate surface area is 108 Å². The van der Waals surface area contributed by atoms with Crippen molar-refractivity contribution in [3.63, 3.8) is 0 Å². The van der Waals surface area contributed by atoms with Gasteiger partial charge in [0.05, 0.1) is 12.1 Å². The molecule has 0 aromatic rings. The van der Waals surface area contributed by atoms with Crippen LogP contribution in [0.25, 0.3) is 0 Å². The average molecular weight is 257 g/mol. The predicted octanol–water partition coefficient (Wildman–Crippen LogP) is 0.866. The van der Waals surface area contributed by atoms with Gasteiger partial charge in [-0.05, 0) is 13.8 Å². The van der Waals surface area contributed by atoms with Gasteiger partial charge in [-0.3, -0.25) is 9.89 Å². The largest absolute Gasteiger partial charge is 0.389 e. The second-order valence-electron chi connectivity index (χ2n) is 5.63. The van der Waals surface area contributed by atoms with Crippen molar-refractivity contribution in [3.8, 4) is 0 Å². The highest BCUT2D eigenvalue weighted by atomic mass is 32.2. The lowest BCUT2D eigenvalue weighted by atomic mass is 10.1. The summed E-state index contributed by atoms with van der Waals surface area (Å²) in [4.78, 5) is 9.30. The molecule has 0 radical (unpaired) electrons. The maximum Gasteiger partial charge on any atom is 0.159 e. The van der Waals surface area contributed by atoms with Crippen molar-refractivity contribution in [2.45, 2.75) is 31.6 Å². The minimum atomic E-state index is -0.587. The molecule has 0 aromatic heterocycles. The number of β-amino-alcohol motifs (C(OH)–C–C–N with tert-alkyl or cyclic N) is 1. The zero-order valence-corrected chi connectivity index (χ0v) is 11.8. The second-order valence-corrected chi connectivity index (χ2v) is 7.03. The van der Waals surface area contributed by atoms with Crippen LogP contribution in [0.2, 0.25) is 0 Å².